The molecule has 2 heterocycles. The first kappa shape index (κ1) is 11.9. The number of ketones is 1. The fourth-order valence-electron chi connectivity index (χ4n) is 3.68. The van der Waals surface area contributed by atoms with Crippen LogP contribution in [-0.4, -0.2) is 17.9 Å². The maximum atomic E-state index is 12.7. The minimum absolute atomic E-state index is 0.239. The van der Waals surface area contributed by atoms with Crippen LogP contribution in [0.25, 0.3) is 0 Å². The average molecular weight is 243 g/mol. The lowest BCUT2D eigenvalue weighted by molar-refractivity contribution is 0.0874. The lowest BCUT2D eigenvalue weighted by atomic mass is 9.83. The molecule has 1 aromatic carbocycles. The van der Waals surface area contributed by atoms with E-state index in [1.165, 1.54) is 12.8 Å². The van der Waals surface area contributed by atoms with Crippen LogP contribution >= 0.6 is 0 Å². The van der Waals surface area contributed by atoms with Crippen LogP contribution in [0.2, 0.25) is 0 Å². The number of carbonyl (C=O) groups is 1. The number of hydrogen-bond acceptors (Lipinski definition) is 2. The summed E-state index contributed by atoms with van der Waals surface area (Å²) in [4.78, 5) is 12.7. The summed E-state index contributed by atoms with van der Waals surface area (Å²) in [6.45, 7) is 4.10. The Hall–Kier alpha value is -1.15. The van der Waals surface area contributed by atoms with Crippen molar-refractivity contribution < 1.29 is 4.79 Å². The molecule has 1 N–H and O–H groups in total. The molecule has 2 bridgehead atoms. The van der Waals surface area contributed by atoms with Gasteiger partial charge in [-0.3, -0.25) is 4.79 Å². The summed E-state index contributed by atoms with van der Waals surface area (Å²) in [7, 11) is 0. The number of nitrogens with one attached hydrogen (secondary N) is 1. The van der Waals surface area contributed by atoms with Gasteiger partial charge in [0.1, 0.15) is 0 Å². The van der Waals surface area contributed by atoms with Crippen molar-refractivity contribution in [2.24, 2.45) is 5.92 Å². The molecule has 18 heavy (non-hydrogen) atoms. The van der Waals surface area contributed by atoms with Crippen LogP contribution in [0.15, 0.2) is 18.2 Å². The van der Waals surface area contributed by atoms with E-state index in [9.17, 15) is 4.79 Å². The standard InChI is InChI=1S/C16H21NO/c1-10-4-3-5-11(2)15(10)16(18)12-8-13-6-7-14(9-12)17-13/h3-5,12-14,17H,6-9H2,1-2H3. The Kier molecular flexibility index (Phi) is 2.98. The third-order valence-electron chi connectivity index (χ3n) is 4.57. The number of hydrogen-bond donors (Lipinski definition) is 1. The molecule has 3 rings (SSSR count). The molecule has 2 aliphatic heterocycles. The number of aryl methyl sites for hydroxylation is 2. The van der Waals surface area contributed by atoms with Gasteiger partial charge in [0.2, 0.25) is 0 Å². The van der Waals surface area contributed by atoms with Crippen molar-refractivity contribution in [1.29, 1.82) is 0 Å². The highest BCUT2D eigenvalue weighted by atomic mass is 16.1. The van der Waals surface area contributed by atoms with Crippen LogP contribution in [0.4, 0.5) is 0 Å². The summed E-state index contributed by atoms with van der Waals surface area (Å²) < 4.78 is 0. The van der Waals surface area contributed by atoms with E-state index in [4.69, 9.17) is 0 Å². The molecule has 0 radical (unpaired) electrons. The molecule has 96 valence electrons. The molecule has 0 spiro atoms. The Morgan fingerprint density at radius 1 is 1.11 bits per heavy atom. The zero-order chi connectivity index (χ0) is 12.7. The molecule has 2 atom stereocenters. The number of rotatable bonds is 2. The zero-order valence-corrected chi connectivity index (χ0v) is 11.2. The second-order valence-corrected chi connectivity index (χ2v) is 5.94. The molecule has 0 saturated carbocycles. The summed E-state index contributed by atoms with van der Waals surface area (Å²) in [6, 6.07) is 7.31. The molecule has 2 saturated heterocycles. The maximum Gasteiger partial charge on any atom is 0.166 e. The molecule has 0 aliphatic carbocycles. The molecule has 2 fully saturated rings. The largest absolute Gasteiger partial charge is 0.311 e. The Bertz CT molecular complexity index is 448. The Morgan fingerprint density at radius 3 is 2.22 bits per heavy atom. The molecule has 1 aromatic rings. The molecule has 2 unspecified atom stereocenters. The summed E-state index contributed by atoms with van der Waals surface area (Å²) in [5.41, 5.74) is 3.24. The molecule has 2 nitrogen and oxygen atoms in total. The summed E-state index contributed by atoms with van der Waals surface area (Å²) >= 11 is 0. The highest BCUT2D eigenvalue weighted by Crippen LogP contribution is 2.33. The van der Waals surface area contributed by atoms with E-state index in [1.54, 1.807) is 0 Å². The minimum atomic E-state index is 0.239. The van der Waals surface area contributed by atoms with E-state index in [0.29, 0.717) is 17.9 Å². The highest BCUT2D eigenvalue weighted by Gasteiger charge is 2.37. The van der Waals surface area contributed by atoms with Crippen molar-refractivity contribution in [3.8, 4) is 0 Å². The van der Waals surface area contributed by atoms with Gasteiger partial charge in [0.05, 0.1) is 0 Å². The molecule has 0 amide bonds. The van der Waals surface area contributed by atoms with Gasteiger partial charge in [-0.1, -0.05) is 18.2 Å². The van der Waals surface area contributed by atoms with Gasteiger partial charge in [-0.2, -0.15) is 0 Å². The Labute approximate surface area is 109 Å². The van der Waals surface area contributed by atoms with E-state index in [2.05, 4.69) is 31.3 Å². The van der Waals surface area contributed by atoms with Crippen molar-refractivity contribution in [2.75, 3.05) is 0 Å². The van der Waals surface area contributed by atoms with Crippen molar-refractivity contribution in [2.45, 2.75) is 51.6 Å². The first-order valence-electron chi connectivity index (χ1n) is 7.01. The van der Waals surface area contributed by atoms with Gasteiger partial charge in [-0.15, -0.1) is 0 Å². The molecular formula is C16H21NO. The Morgan fingerprint density at radius 2 is 1.67 bits per heavy atom. The topological polar surface area (TPSA) is 29.1 Å². The van der Waals surface area contributed by atoms with Crippen LogP contribution < -0.4 is 5.32 Å². The van der Waals surface area contributed by atoms with Crippen LogP contribution in [-0.2, 0) is 0 Å². The van der Waals surface area contributed by atoms with Gasteiger partial charge in [-0.25, -0.2) is 0 Å². The van der Waals surface area contributed by atoms with Crippen LogP contribution in [0, 0.1) is 19.8 Å². The van der Waals surface area contributed by atoms with Crippen molar-refractivity contribution in [3.63, 3.8) is 0 Å². The predicted octanol–water partition coefficient (Wildman–Crippen LogP) is 3.02. The van der Waals surface area contributed by atoms with Crippen LogP contribution in [0.1, 0.15) is 47.2 Å². The summed E-state index contributed by atoms with van der Waals surface area (Å²) in [5.74, 6) is 0.618. The lowest BCUT2D eigenvalue weighted by Gasteiger charge is -2.28. The molecule has 0 aromatic heterocycles. The Balaban J connectivity index is 1.86. The van der Waals surface area contributed by atoms with Crippen LogP contribution in [0.3, 0.4) is 0 Å². The smallest absolute Gasteiger partial charge is 0.166 e. The third kappa shape index (κ3) is 1.99. The number of carbonyl (C=O) groups excluding carboxylic acids is 1. The van der Waals surface area contributed by atoms with Crippen molar-refractivity contribution in [1.82, 2.24) is 5.32 Å². The third-order valence-corrected chi connectivity index (χ3v) is 4.57. The van der Waals surface area contributed by atoms with Gasteiger partial charge >= 0.3 is 0 Å². The highest BCUT2D eigenvalue weighted by molar-refractivity contribution is 6.00. The SMILES string of the molecule is Cc1cccc(C)c1C(=O)C1CC2CCC(C1)N2. The number of benzene rings is 1. The second-order valence-electron chi connectivity index (χ2n) is 5.94. The van der Waals surface area contributed by atoms with E-state index in [-0.39, 0.29) is 5.92 Å². The first-order valence-corrected chi connectivity index (χ1v) is 7.01. The summed E-state index contributed by atoms with van der Waals surface area (Å²) in [5, 5.41) is 3.60. The van der Waals surface area contributed by atoms with Gasteiger partial charge in [-0.05, 0) is 50.7 Å². The fourth-order valence-corrected chi connectivity index (χ4v) is 3.68. The van der Waals surface area contributed by atoms with Crippen LogP contribution in [0.5, 0.6) is 0 Å². The monoisotopic (exact) mass is 243 g/mol. The molecular weight excluding hydrogens is 222 g/mol. The lowest BCUT2D eigenvalue weighted by Crippen LogP contribution is -2.40. The number of Topliss-reactive ketones (excluding diaryl/α,β-unsaturated/α-hetero) is 1. The zero-order valence-electron chi connectivity index (χ0n) is 11.2. The van der Waals surface area contributed by atoms with E-state index in [0.717, 1.165) is 29.5 Å². The molecule has 2 heteroatoms. The van der Waals surface area contributed by atoms with E-state index in [1.807, 2.05) is 6.07 Å². The second kappa shape index (κ2) is 4.51. The van der Waals surface area contributed by atoms with Crippen molar-refractivity contribution in [3.05, 3.63) is 34.9 Å². The quantitative estimate of drug-likeness (QED) is 0.809. The van der Waals surface area contributed by atoms with Gasteiger partial charge < -0.3 is 5.32 Å². The average Bonchev–Trinajstić information content (AvgIpc) is 2.68. The number of fused-ring (bicyclic) bond motifs is 2. The van der Waals surface area contributed by atoms with Gasteiger partial charge in [0.15, 0.2) is 5.78 Å². The maximum absolute atomic E-state index is 12.7. The molecule has 2 aliphatic rings. The van der Waals surface area contributed by atoms with E-state index < -0.39 is 0 Å². The normalized spacial score (nSPS) is 30.4. The van der Waals surface area contributed by atoms with E-state index >= 15 is 0 Å². The fraction of sp³-hybridized carbons (Fsp3) is 0.562. The minimum Gasteiger partial charge on any atom is -0.311 e. The van der Waals surface area contributed by atoms with Gasteiger partial charge in [0, 0.05) is 23.6 Å². The summed E-state index contributed by atoms with van der Waals surface area (Å²) in [6.07, 6.45) is 4.56. The first-order chi connectivity index (χ1) is 8.65. The van der Waals surface area contributed by atoms with Crippen molar-refractivity contribution >= 4 is 5.78 Å². The predicted molar refractivity (Wildman–Crippen MR) is 72.9 cm³/mol. The number of piperidine rings is 1. The van der Waals surface area contributed by atoms with Gasteiger partial charge in [0.25, 0.3) is 0 Å².